The Morgan fingerprint density at radius 2 is 1.32 bits per heavy atom. The minimum atomic E-state index is -2.02. The Kier molecular flexibility index (Phi) is 9.03. The molecule has 0 aliphatic carbocycles. The lowest BCUT2D eigenvalue weighted by molar-refractivity contribution is -0.306. The summed E-state index contributed by atoms with van der Waals surface area (Å²) in [5.74, 6) is 0. The number of ether oxygens (including phenoxy) is 2. The van der Waals surface area contributed by atoms with Crippen LogP contribution >= 0.6 is 0 Å². The van der Waals surface area contributed by atoms with Crippen LogP contribution in [0.25, 0.3) is 0 Å². The van der Waals surface area contributed by atoms with Crippen molar-refractivity contribution in [3.8, 4) is 0 Å². The first-order chi connectivity index (χ1) is 11.6. The summed E-state index contributed by atoms with van der Waals surface area (Å²) >= 11 is 0. The van der Waals surface area contributed by atoms with Gasteiger partial charge in [0, 0.05) is 0 Å². The maximum Gasteiger partial charge on any atom is 0.186 e. The maximum atomic E-state index is 9.76. The highest BCUT2D eigenvalue weighted by Gasteiger charge is 2.44. The zero-order valence-electron chi connectivity index (χ0n) is 13.2. The van der Waals surface area contributed by atoms with Gasteiger partial charge in [-0.2, -0.15) is 0 Å². The van der Waals surface area contributed by atoms with E-state index < -0.39 is 81.0 Å². The van der Waals surface area contributed by atoms with E-state index in [0.717, 1.165) is 0 Å². The van der Waals surface area contributed by atoms with E-state index in [1.807, 2.05) is 0 Å². The van der Waals surface area contributed by atoms with E-state index >= 15 is 0 Å². The molecule has 1 saturated heterocycles. The van der Waals surface area contributed by atoms with Crippen LogP contribution in [0, 0.1) is 0 Å². The topological polar surface area (TPSA) is 221 Å². The van der Waals surface area contributed by atoms with Crippen LogP contribution in [0.2, 0.25) is 0 Å². The molecule has 1 rings (SSSR count). The highest BCUT2D eigenvalue weighted by molar-refractivity contribution is 4.89. The third-order valence-corrected chi connectivity index (χ3v) is 3.96. The summed E-state index contributed by atoms with van der Waals surface area (Å²) in [5, 5.41) is 94.4. The Labute approximate surface area is 142 Å². The molecule has 1 aliphatic rings. The molecule has 1 fully saturated rings. The molecule has 0 bridgehead atoms. The van der Waals surface area contributed by atoms with E-state index in [0.29, 0.717) is 0 Å². The third kappa shape index (κ3) is 5.50. The average molecular weight is 374 g/mol. The molecule has 0 unspecified atom stereocenters. The van der Waals surface area contributed by atoms with Gasteiger partial charge in [-0.1, -0.05) is 0 Å². The van der Waals surface area contributed by atoms with Gasteiger partial charge in [0.05, 0.1) is 19.8 Å². The van der Waals surface area contributed by atoms with E-state index in [2.05, 4.69) is 0 Å². The Morgan fingerprint density at radius 3 is 1.84 bits per heavy atom. The zero-order chi connectivity index (χ0) is 19.3. The Balaban J connectivity index is 2.58. The predicted molar refractivity (Wildman–Crippen MR) is 76.8 cm³/mol. The van der Waals surface area contributed by atoms with Crippen LogP contribution in [0.1, 0.15) is 0 Å². The molecule has 25 heavy (non-hydrogen) atoms. The molecule has 12 nitrogen and oxygen atoms in total. The molecule has 0 saturated carbocycles. The summed E-state index contributed by atoms with van der Waals surface area (Å²) in [4.78, 5) is 0. The van der Waals surface area contributed by atoms with Crippen LogP contribution in [-0.2, 0) is 9.47 Å². The van der Waals surface area contributed by atoms with Gasteiger partial charge in [0.2, 0.25) is 0 Å². The van der Waals surface area contributed by atoms with Crippen molar-refractivity contribution >= 4 is 0 Å². The summed E-state index contributed by atoms with van der Waals surface area (Å²) in [7, 11) is 0. The molecule has 10 atom stereocenters. The van der Waals surface area contributed by atoms with Crippen molar-refractivity contribution in [3.05, 3.63) is 0 Å². The van der Waals surface area contributed by atoms with Crippen LogP contribution in [0.15, 0.2) is 0 Å². The quantitative estimate of drug-likeness (QED) is 0.182. The molecule has 0 aromatic carbocycles. The van der Waals surface area contributed by atoms with Crippen molar-refractivity contribution in [2.75, 3.05) is 19.8 Å². The van der Waals surface area contributed by atoms with Gasteiger partial charge in [-0.3, -0.25) is 0 Å². The van der Waals surface area contributed by atoms with Gasteiger partial charge in [-0.25, -0.2) is 0 Å². The fraction of sp³-hybridized carbons (Fsp3) is 1.00. The van der Waals surface area contributed by atoms with Crippen LogP contribution in [-0.4, -0.2) is 132 Å². The number of aliphatic hydroxyl groups is 10. The smallest absolute Gasteiger partial charge is 0.186 e. The molecule has 0 aromatic rings. The van der Waals surface area contributed by atoms with E-state index in [9.17, 15) is 40.9 Å². The van der Waals surface area contributed by atoms with E-state index in [1.165, 1.54) is 0 Å². The molecular formula is C13H26O12. The van der Waals surface area contributed by atoms with Gasteiger partial charge in [0.15, 0.2) is 6.29 Å². The van der Waals surface area contributed by atoms with Gasteiger partial charge >= 0.3 is 0 Å². The largest absolute Gasteiger partial charge is 0.394 e. The SMILES string of the molecule is OC[C@@H](O)[C@H](O)[C@@H](O)[C@H](O)[C@H](O)CO[C@@H]1O[C@H](CO)[C@@H](O)[C@H](O)[C@H]1O. The third-order valence-electron chi connectivity index (χ3n) is 3.96. The predicted octanol–water partition coefficient (Wildman–Crippen LogP) is -6.40. The van der Waals surface area contributed by atoms with Crippen LogP contribution < -0.4 is 0 Å². The minimum absolute atomic E-state index is 0.681. The Hall–Kier alpha value is -0.480. The first-order valence-corrected chi connectivity index (χ1v) is 7.59. The summed E-state index contributed by atoms with van der Waals surface area (Å²) in [6.45, 7) is -2.30. The molecule has 10 N–H and O–H groups in total. The molecule has 150 valence electrons. The highest BCUT2D eigenvalue weighted by Crippen LogP contribution is 2.22. The van der Waals surface area contributed by atoms with Crippen molar-refractivity contribution in [1.29, 1.82) is 0 Å². The first-order valence-electron chi connectivity index (χ1n) is 7.59. The van der Waals surface area contributed by atoms with Crippen LogP contribution in [0.3, 0.4) is 0 Å². The number of hydrogen-bond acceptors (Lipinski definition) is 12. The molecule has 0 spiro atoms. The van der Waals surface area contributed by atoms with Crippen LogP contribution in [0.4, 0.5) is 0 Å². The number of rotatable bonds is 9. The maximum absolute atomic E-state index is 9.76. The minimum Gasteiger partial charge on any atom is -0.394 e. The summed E-state index contributed by atoms with van der Waals surface area (Å²) in [6, 6.07) is 0. The first kappa shape index (κ1) is 22.6. The second kappa shape index (κ2) is 10.0. The number of hydrogen-bond donors (Lipinski definition) is 10. The van der Waals surface area contributed by atoms with E-state index in [-0.39, 0.29) is 0 Å². The lowest BCUT2D eigenvalue weighted by Crippen LogP contribution is -2.59. The Bertz CT molecular complexity index is 382. The van der Waals surface area contributed by atoms with Gasteiger partial charge in [0.25, 0.3) is 0 Å². The van der Waals surface area contributed by atoms with E-state index in [4.69, 9.17) is 19.7 Å². The van der Waals surface area contributed by atoms with Gasteiger partial charge in [-0.05, 0) is 0 Å². The van der Waals surface area contributed by atoms with Crippen molar-refractivity contribution in [2.45, 2.75) is 61.2 Å². The van der Waals surface area contributed by atoms with E-state index in [1.54, 1.807) is 0 Å². The fourth-order valence-electron chi connectivity index (χ4n) is 2.26. The fourth-order valence-corrected chi connectivity index (χ4v) is 2.26. The number of aliphatic hydroxyl groups excluding tert-OH is 10. The van der Waals surface area contributed by atoms with Gasteiger partial charge in [-0.15, -0.1) is 0 Å². The molecule has 1 heterocycles. The second-order valence-corrected chi connectivity index (χ2v) is 5.82. The summed E-state index contributed by atoms with van der Waals surface area (Å²) < 4.78 is 9.99. The molecule has 0 radical (unpaired) electrons. The summed E-state index contributed by atoms with van der Waals surface area (Å²) in [5.41, 5.74) is 0. The van der Waals surface area contributed by atoms with Gasteiger partial charge in [0.1, 0.15) is 54.9 Å². The average Bonchev–Trinajstić information content (AvgIpc) is 2.62. The highest BCUT2D eigenvalue weighted by atomic mass is 16.7. The van der Waals surface area contributed by atoms with Crippen molar-refractivity contribution < 1.29 is 60.5 Å². The summed E-state index contributed by atoms with van der Waals surface area (Å²) in [6.07, 6.45) is -17.3. The normalized spacial score (nSPS) is 36.5. The molecule has 0 aromatic heterocycles. The Morgan fingerprint density at radius 1 is 0.760 bits per heavy atom. The molecule has 0 amide bonds. The second-order valence-electron chi connectivity index (χ2n) is 5.82. The van der Waals surface area contributed by atoms with Gasteiger partial charge < -0.3 is 60.5 Å². The van der Waals surface area contributed by atoms with Crippen LogP contribution in [0.5, 0.6) is 0 Å². The zero-order valence-corrected chi connectivity index (χ0v) is 13.2. The van der Waals surface area contributed by atoms with Crippen molar-refractivity contribution in [2.24, 2.45) is 0 Å². The molecular weight excluding hydrogens is 348 g/mol. The monoisotopic (exact) mass is 374 g/mol. The molecule has 1 aliphatic heterocycles. The lowest BCUT2D eigenvalue weighted by Gasteiger charge is -2.40. The standard InChI is InChI=1S/C13H26O12/c14-1-4(16)7(18)10(21)8(19)5(17)3-24-13-12(23)11(22)9(20)6(2-15)25-13/h4-23H,1-3H2/t4-,5-,6-,7+,8-,9-,10-,11+,12-,13-/m1/s1. The van der Waals surface area contributed by atoms with Crippen molar-refractivity contribution in [1.82, 2.24) is 0 Å². The van der Waals surface area contributed by atoms with Crippen molar-refractivity contribution in [3.63, 3.8) is 0 Å². The molecule has 12 heteroatoms. The lowest BCUT2D eigenvalue weighted by atomic mass is 9.99.